The molecule has 0 unspecified atom stereocenters. The smallest absolute Gasteiger partial charge is 0.361 e. The van der Waals surface area contributed by atoms with Crippen molar-refractivity contribution in [2.24, 2.45) is 0 Å². The summed E-state index contributed by atoms with van der Waals surface area (Å²) >= 11 is 0. The minimum absolute atomic E-state index is 0.0192. The molecular formula is C10H17N3O4S. The number of nitrogens with two attached hydrogens (primary N) is 1. The largest absolute Gasteiger partial charge is 0.461 e. The van der Waals surface area contributed by atoms with Crippen molar-refractivity contribution < 1.29 is 17.9 Å². The topological polar surface area (TPSA) is 104 Å². The first-order valence-corrected chi connectivity index (χ1v) is 7.42. The number of nitrogens with zero attached hydrogens (tertiary/aromatic N) is 2. The summed E-state index contributed by atoms with van der Waals surface area (Å²) in [6.45, 7) is 3.66. The number of aryl methyl sites for hydroxylation is 1. The molecule has 0 saturated carbocycles. The van der Waals surface area contributed by atoms with Crippen LogP contribution in [-0.2, 0) is 21.1 Å². The third-order valence-electron chi connectivity index (χ3n) is 2.33. The van der Waals surface area contributed by atoms with Crippen LogP contribution in [0.1, 0.15) is 24.3 Å². The van der Waals surface area contributed by atoms with Crippen molar-refractivity contribution in [2.75, 3.05) is 23.8 Å². The Morgan fingerprint density at radius 2 is 2.17 bits per heavy atom. The Kier molecular flexibility index (Phi) is 4.71. The molecule has 0 spiro atoms. The first-order valence-electron chi connectivity index (χ1n) is 5.60. The van der Waals surface area contributed by atoms with E-state index in [2.05, 4.69) is 5.10 Å². The third-order valence-corrected chi connectivity index (χ3v) is 4.01. The molecule has 0 radical (unpaired) electrons. The van der Waals surface area contributed by atoms with Crippen molar-refractivity contribution in [2.45, 2.75) is 20.4 Å². The number of aromatic nitrogens is 2. The van der Waals surface area contributed by atoms with Crippen LogP contribution in [-0.4, -0.2) is 42.3 Å². The number of rotatable bonds is 6. The maximum absolute atomic E-state index is 11.4. The lowest BCUT2D eigenvalue weighted by Gasteiger charge is -2.01. The van der Waals surface area contributed by atoms with E-state index in [-0.39, 0.29) is 36.0 Å². The van der Waals surface area contributed by atoms with Gasteiger partial charge in [-0.15, -0.1) is 0 Å². The number of nitrogen functional groups attached to an aromatic ring is 1. The van der Waals surface area contributed by atoms with E-state index in [1.807, 2.05) is 0 Å². The zero-order valence-electron chi connectivity index (χ0n) is 10.4. The van der Waals surface area contributed by atoms with E-state index in [1.54, 1.807) is 13.8 Å². The van der Waals surface area contributed by atoms with Crippen LogP contribution in [0.4, 0.5) is 5.69 Å². The molecule has 0 saturated heterocycles. The number of hydrogen-bond acceptors (Lipinski definition) is 6. The van der Waals surface area contributed by atoms with Crippen LogP contribution in [0.15, 0.2) is 6.20 Å². The molecule has 0 fully saturated rings. The molecular weight excluding hydrogens is 258 g/mol. The average Bonchev–Trinajstić information content (AvgIpc) is 2.69. The number of esters is 1. The minimum Gasteiger partial charge on any atom is -0.461 e. The fraction of sp³-hybridized carbons (Fsp3) is 0.600. The summed E-state index contributed by atoms with van der Waals surface area (Å²) in [7, 11) is -3.07. The number of carbonyl (C=O) groups excluding carboxylic acids is 1. The molecule has 1 rings (SSSR count). The summed E-state index contributed by atoms with van der Waals surface area (Å²) < 4.78 is 28.8. The first kappa shape index (κ1) is 14.5. The monoisotopic (exact) mass is 275 g/mol. The summed E-state index contributed by atoms with van der Waals surface area (Å²) in [5.41, 5.74) is 5.81. The van der Waals surface area contributed by atoms with Crippen LogP contribution in [0.5, 0.6) is 0 Å². The van der Waals surface area contributed by atoms with E-state index >= 15 is 0 Å². The van der Waals surface area contributed by atoms with Crippen molar-refractivity contribution in [1.29, 1.82) is 0 Å². The molecule has 2 N–H and O–H groups in total. The number of hydrogen-bond donors (Lipinski definition) is 1. The van der Waals surface area contributed by atoms with Crippen LogP contribution in [0.25, 0.3) is 0 Å². The highest BCUT2D eigenvalue weighted by Crippen LogP contribution is 2.10. The second kappa shape index (κ2) is 5.85. The molecule has 0 amide bonds. The van der Waals surface area contributed by atoms with E-state index < -0.39 is 15.8 Å². The zero-order chi connectivity index (χ0) is 13.8. The van der Waals surface area contributed by atoms with E-state index in [0.717, 1.165) is 0 Å². The van der Waals surface area contributed by atoms with E-state index in [1.165, 1.54) is 10.9 Å². The van der Waals surface area contributed by atoms with E-state index in [0.29, 0.717) is 0 Å². The molecule has 1 aromatic rings. The Morgan fingerprint density at radius 1 is 1.50 bits per heavy atom. The molecule has 7 nitrogen and oxygen atoms in total. The van der Waals surface area contributed by atoms with Gasteiger partial charge in [-0.25, -0.2) is 13.2 Å². The highest BCUT2D eigenvalue weighted by Gasteiger charge is 2.16. The number of ether oxygens (including phenoxy) is 1. The van der Waals surface area contributed by atoms with Crippen LogP contribution >= 0.6 is 0 Å². The van der Waals surface area contributed by atoms with Gasteiger partial charge in [0.15, 0.2) is 15.5 Å². The van der Waals surface area contributed by atoms with Gasteiger partial charge >= 0.3 is 5.97 Å². The Hall–Kier alpha value is -1.57. The van der Waals surface area contributed by atoms with Gasteiger partial charge in [-0.2, -0.15) is 5.10 Å². The standard InChI is InChI=1S/C10H17N3O4S/c1-3-17-10(14)9-8(11)7-13(12-9)5-6-18(15,16)4-2/h7H,3-6,11H2,1-2H3. The third kappa shape index (κ3) is 3.73. The van der Waals surface area contributed by atoms with Crippen LogP contribution in [0.2, 0.25) is 0 Å². The van der Waals surface area contributed by atoms with Gasteiger partial charge in [0.25, 0.3) is 0 Å². The number of sulfone groups is 1. The minimum atomic E-state index is -3.07. The SMILES string of the molecule is CCOC(=O)c1nn(CCS(=O)(=O)CC)cc1N. The lowest BCUT2D eigenvalue weighted by molar-refractivity contribution is 0.0519. The van der Waals surface area contributed by atoms with Crippen molar-refractivity contribution in [3.63, 3.8) is 0 Å². The van der Waals surface area contributed by atoms with Crippen molar-refractivity contribution in [1.82, 2.24) is 9.78 Å². The van der Waals surface area contributed by atoms with Gasteiger partial charge in [0.1, 0.15) is 0 Å². The summed E-state index contributed by atoms with van der Waals surface area (Å²) in [5.74, 6) is -0.562. The summed E-state index contributed by atoms with van der Waals surface area (Å²) in [4.78, 5) is 11.4. The molecule has 1 aromatic heterocycles. The molecule has 1 heterocycles. The van der Waals surface area contributed by atoms with Crippen LogP contribution in [0, 0.1) is 0 Å². The highest BCUT2D eigenvalue weighted by atomic mass is 32.2. The quantitative estimate of drug-likeness (QED) is 0.737. The Bertz CT molecular complexity index is 521. The molecule has 0 aliphatic heterocycles. The highest BCUT2D eigenvalue weighted by molar-refractivity contribution is 7.91. The summed E-state index contributed by atoms with van der Waals surface area (Å²) in [6, 6.07) is 0. The van der Waals surface area contributed by atoms with Gasteiger partial charge in [0.2, 0.25) is 0 Å². The number of carbonyl (C=O) groups is 1. The zero-order valence-corrected chi connectivity index (χ0v) is 11.2. The predicted molar refractivity (Wildman–Crippen MR) is 66.9 cm³/mol. The molecule has 0 bridgehead atoms. The van der Waals surface area contributed by atoms with Gasteiger partial charge in [-0.1, -0.05) is 6.92 Å². The maximum Gasteiger partial charge on any atom is 0.361 e. The lowest BCUT2D eigenvalue weighted by atomic mass is 10.4. The summed E-state index contributed by atoms with van der Waals surface area (Å²) in [5, 5.41) is 3.92. The van der Waals surface area contributed by atoms with E-state index in [4.69, 9.17) is 10.5 Å². The van der Waals surface area contributed by atoms with Crippen molar-refractivity contribution in [3.05, 3.63) is 11.9 Å². The molecule has 0 aromatic carbocycles. The molecule has 8 heteroatoms. The van der Waals surface area contributed by atoms with Gasteiger partial charge in [-0.3, -0.25) is 4.68 Å². The maximum atomic E-state index is 11.4. The molecule has 102 valence electrons. The summed E-state index contributed by atoms with van der Waals surface area (Å²) in [6.07, 6.45) is 1.43. The molecule has 0 aliphatic carbocycles. The first-order chi connectivity index (χ1) is 8.39. The molecule has 0 atom stereocenters. The Morgan fingerprint density at radius 3 is 2.72 bits per heavy atom. The van der Waals surface area contributed by atoms with Crippen molar-refractivity contribution >= 4 is 21.5 Å². The van der Waals surface area contributed by atoms with Gasteiger partial charge in [0, 0.05) is 11.9 Å². The molecule has 18 heavy (non-hydrogen) atoms. The Balaban J connectivity index is 2.76. The van der Waals surface area contributed by atoms with E-state index in [9.17, 15) is 13.2 Å². The van der Waals surface area contributed by atoms with Crippen LogP contribution in [0.3, 0.4) is 0 Å². The van der Waals surface area contributed by atoms with Crippen LogP contribution < -0.4 is 5.73 Å². The fourth-order valence-corrected chi connectivity index (χ4v) is 2.04. The van der Waals surface area contributed by atoms with Gasteiger partial charge in [0.05, 0.1) is 24.6 Å². The second-order valence-electron chi connectivity index (χ2n) is 3.65. The second-order valence-corrected chi connectivity index (χ2v) is 6.13. The normalized spacial score (nSPS) is 11.4. The lowest BCUT2D eigenvalue weighted by Crippen LogP contribution is -2.15. The Labute approximate surface area is 106 Å². The van der Waals surface area contributed by atoms with Gasteiger partial charge < -0.3 is 10.5 Å². The average molecular weight is 275 g/mol. The fourth-order valence-electron chi connectivity index (χ4n) is 1.29. The number of anilines is 1. The van der Waals surface area contributed by atoms with Crippen molar-refractivity contribution in [3.8, 4) is 0 Å². The predicted octanol–water partition coefficient (Wildman–Crippen LogP) is 0.0767. The molecule has 0 aliphatic rings. The van der Waals surface area contributed by atoms with Gasteiger partial charge in [-0.05, 0) is 6.92 Å².